The Bertz CT molecular complexity index is 1060. The summed E-state index contributed by atoms with van der Waals surface area (Å²) in [6, 6.07) is 15.2. The zero-order valence-corrected chi connectivity index (χ0v) is 14.7. The molecule has 0 aliphatic heterocycles. The monoisotopic (exact) mass is 368 g/mol. The number of carbonyl (C=O) groups excluding carboxylic acids is 1. The molecule has 1 aromatic heterocycles. The van der Waals surface area contributed by atoms with Crippen molar-refractivity contribution in [2.45, 2.75) is 5.16 Å². The van der Waals surface area contributed by atoms with Crippen LogP contribution in [0.3, 0.4) is 0 Å². The summed E-state index contributed by atoms with van der Waals surface area (Å²) >= 11 is 0. The van der Waals surface area contributed by atoms with Gasteiger partial charge in [0.1, 0.15) is 0 Å². The Balaban J connectivity index is 1.83. The maximum atomic E-state index is 12.3. The molecule has 0 bridgehead atoms. The number of carbonyl (C=O) groups is 1. The van der Waals surface area contributed by atoms with Gasteiger partial charge in [-0.25, -0.2) is 18.4 Å². The van der Waals surface area contributed by atoms with E-state index in [-0.39, 0.29) is 11.1 Å². The van der Waals surface area contributed by atoms with E-state index in [1.54, 1.807) is 54.6 Å². The van der Waals surface area contributed by atoms with E-state index >= 15 is 0 Å². The molecule has 1 heterocycles. The second-order valence-corrected chi connectivity index (χ2v) is 7.52. The van der Waals surface area contributed by atoms with Crippen molar-refractivity contribution in [3.05, 3.63) is 66.4 Å². The summed E-state index contributed by atoms with van der Waals surface area (Å²) in [5, 5.41) is 2.51. The molecule has 0 radical (unpaired) electrons. The number of nitrogen functional groups attached to an aromatic ring is 1. The molecule has 132 valence electrons. The highest BCUT2D eigenvalue weighted by atomic mass is 32.2. The molecule has 0 saturated heterocycles. The number of hydrogen-bond donors (Lipinski definition) is 2. The van der Waals surface area contributed by atoms with E-state index in [9.17, 15) is 13.2 Å². The largest absolute Gasteiger partial charge is 0.397 e. The van der Waals surface area contributed by atoms with Crippen molar-refractivity contribution in [2.75, 3.05) is 17.3 Å². The van der Waals surface area contributed by atoms with Crippen molar-refractivity contribution in [3.8, 4) is 11.3 Å². The summed E-state index contributed by atoms with van der Waals surface area (Å²) in [4.78, 5) is 20.1. The van der Waals surface area contributed by atoms with E-state index in [2.05, 4.69) is 15.3 Å². The molecular formula is C18H16N4O3S. The first-order valence-corrected chi connectivity index (χ1v) is 9.53. The van der Waals surface area contributed by atoms with Gasteiger partial charge >= 0.3 is 0 Å². The topological polar surface area (TPSA) is 115 Å². The number of nitrogens with two attached hydrogens (primary N) is 1. The third-order valence-corrected chi connectivity index (χ3v) is 4.48. The van der Waals surface area contributed by atoms with Crippen LogP contribution in [0.5, 0.6) is 0 Å². The lowest BCUT2D eigenvalue weighted by atomic mass is 10.1. The number of nitrogens with zero attached hydrogens (tertiary/aromatic N) is 2. The van der Waals surface area contributed by atoms with Crippen LogP contribution in [0.25, 0.3) is 11.3 Å². The van der Waals surface area contributed by atoms with Crippen LogP contribution in [0.2, 0.25) is 0 Å². The number of para-hydroxylation sites is 2. The van der Waals surface area contributed by atoms with Gasteiger partial charge in [0.2, 0.25) is 15.0 Å². The molecule has 3 aromatic rings. The van der Waals surface area contributed by atoms with Gasteiger partial charge in [-0.3, -0.25) is 4.79 Å². The van der Waals surface area contributed by atoms with Gasteiger partial charge in [0.05, 0.1) is 17.1 Å². The summed E-state index contributed by atoms with van der Waals surface area (Å²) < 4.78 is 23.1. The molecule has 0 aliphatic carbocycles. The normalized spacial score (nSPS) is 11.1. The molecule has 1 amide bonds. The van der Waals surface area contributed by atoms with Crippen molar-refractivity contribution in [1.82, 2.24) is 9.97 Å². The van der Waals surface area contributed by atoms with Crippen molar-refractivity contribution in [3.63, 3.8) is 0 Å². The predicted molar refractivity (Wildman–Crippen MR) is 99.4 cm³/mol. The van der Waals surface area contributed by atoms with Gasteiger partial charge < -0.3 is 11.1 Å². The molecule has 0 unspecified atom stereocenters. The zero-order valence-electron chi connectivity index (χ0n) is 13.9. The van der Waals surface area contributed by atoms with Crippen LogP contribution in [0, 0.1) is 0 Å². The third-order valence-electron chi connectivity index (χ3n) is 3.62. The van der Waals surface area contributed by atoms with Gasteiger partial charge in [-0.05, 0) is 30.3 Å². The van der Waals surface area contributed by atoms with E-state index < -0.39 is 9.84 Å². The van der Waals surface area contributed by atoms with Crippen molar-refractivity contribution in [1.29, 1.82) is 0 Å². The Kier molecular flexibility index (Phi) is 4.68. The van der Waals surface area contributed by atoms with Crippen LogP contribution in [-0.4, -0.2) is 30.5 Å². The first kappa shape index (κ1) is 17.6. The van der Waals surface area contributed by atoms with Crippen molar-refractivity contribution < 1.29 is 13.2 Å². The standard InChI is InChI=1S/C18H16N4O3S/c1-26(24,25)18-20-11-10-15(22-18)12-6-8-13(9-7-12)17(23)21-16-5-3-2-4-14(16)19/h2-11H,19H2,1H3,(H,21,23). The van der Waals surface area contributed by atoms with Gasteiger partial charge in [0.25, 0.3) is 5.91 Å². The van der Waals surface area contributed by atoms with Gasteiger partial charge in [-0.2, -0.15) is 0 Å². The summed E-state index contributed by atoms with van der Waals surface area (Å²) in [5.74, 6) is -0.297. The Morgan fingerprint density at radius 3 is 2.38 bits per heavy atom. The summed E-state index contributed by atoms with van der Waals surface area (Å²) in [6.45, 7) is 0. The van der Waals surface area contributed by atoms with Gasteiger partial charge in [0, 0.05) is 23.6 Å². The number of hydrogen-bond acceptors (Lipinski definition) is 6. The Hall–Kier alpha value is -3.26. The fraction of sp³-hybridized carbons (Fsp3) is 0.0556. The minimum atomic E-state index is -3.49. The van der Waals surface area contributed by atoms with E-state index in [4.69, 9.17) is 5.73 Å². The molecule has 3 N–H and O–H groups in total. The molecule has 3 rings (SSSR count). The molecule has 0 fully saturated rings. The van der Waals surface area contributed by atoms with Gasteiger partial charge in [-0.1, -0.05) is 24.3 Å². The number of anilines is 2. The Labute approximate surface area is 150 Å². The quantitative estimate of drug-likeness (QED) is 0.540. The molecular weight excluding hydrogens is 352 g/mol. The maximum Gasteiger partial charge on any atom is 0.255 e. The minimum Gasteiger partial charge on any atom is -0.397 e. The number of sulfone groups is 1. The van der Waals surface area contributed by atoms with Crippen LogP contribution in [0.15, 0.2) is 66.0 Å². The molecule has 2 aromatic carbocycles. The lowest BCUT2D eigenvalue weighted by Gasteiger charge is -2.08. The lowest BCUT2D eigenvalue weighted by molar-refractivity contribution is 0.102. The third kappa shape index (κ3) is 3.86. The van der Waals surface area contributed by atoms with Crippen LogP contribution >= 0.6 is 0 Å². The fourth-order valence-electron chi connectivity index (χ4n) is 2.28. The van der Waals surface area contributed by atoms with Crippen LogP contribution in [0.4, 0.5) is 11.4 Å². The van der Waals surface area contributed by atoms with Crippen LogP contribution in [-0.2, 0) is 9.84 Å². The molecule has 0 saturated carbocycles. The number of nitrogens with one attached hydrogen (secondary N) is 1. The maximum absolute atomic E-state index is 12.3. The SMILES string of the molecule is CS(=O)(=O)c1nccc(-c2ccc(C(=O)Nc3ccccc3N)cc2)n1. The van der Waals surface area contributed by atoms with Crippen LogP contribution in [0.1, 0.15) is 10.4 Å². The highest BCUT2D eigenvalue weighted by Gasteiger charge is 2.13. The number of amides is 1. The summed E-state index contributed by atoms with van der Waals surface area (Å²) in [6.07, 6.45) is 2.44. The molecule has 26 heavy (non-hydrogen) atoms. The summed E-state index contributed by atoms with van der Waals surface area (Å²) in [5.41, 5.74) is 8.41. The smallest absolute Gasteiger partial charge is 0.255 e. The van der Waals surface area contributed by atoms with E-state index in [0.717, 1.165) is 6.26 Å². The highest BCUT2D eigenvalue weighted by molar-refractivity contribution is 7.90. The molecule has 0 atom stereocenters. The van der Waals surface area contributed by atoms with Crippen LogP contribution < -0.4 is 11.1 Å². The summed E-state index contributed by atoms with van der Waals surface area (Å²) in [7, 11) is -3.49. The molecule has 0 aliphatic rings. The average molecular weight is 368 g/mol. The van der Waals surface area contributed by atoms with Crippen molar-refractivity contribution >= 4 is 27.1 Å². The van der Waals surface area contributed by atoms with E-state index in [1.165, 1.54) is 6.20 Å². The van der Waals surface area contributed by atoms with E-state index in [1.807, 2.05) is 0 Å². The number of benzene rings is 2. The van der Waals surface area contributed by atoms with E-state index in [0.29, 0.717) is 28.2 Å². The molecule has 7 nitrogen and oxygen atoms in total. The number of rotatable bonds is 4. The fourth-order valence-corrected chi connectivity index (χ4v) is 2.79. The molecule has 8 heteroatoms. The molecule has 0 spiro atoms. The first-order valence-electron chi connectivity index (χ1n) is 7.64. The lowest BCUT2D eigenvalue weighted by Crippen LogP contribution is -2.13. The second kappa shape index (κ2) is 6.93. The number of aromatic nitrogens is 2. The zero-order chi connectivity index (χ0) is 18.7. The predicted octanol–water partition coefficient (Wildman–Crippen LogP) is 2.38. The average Bonchev–Trinajstić information content (AvgIpc) is 2.63. The highest BCUT2D eigenvalue weighted by Crippen LogP contribution is 2.21. The minimum absolute atomic E-state index is 0.239. The van der Waals surface area contributed by atoms with Crippen molar-refractivity contribution in [2.24, 2.45) is 0 Å². The first-order chi connectivity index (χ1) is 12.3. The Morgan fingerprint density at radius 1 is 1.04 bits per heavy atom. The van der Waals surface area contributed by atoms with Gasteiger partial charge in [-0.15, -0.1) is 0 Å². The Morgan fingerprint density at radius 2 is 1.73 bits per heavy atom. The second-order valence-electron chi connectivity index (χ2n) is 5.62. The van der Waals surface area contributed by atoms with Gasteiger partial charge in [0.15, 0.2) is 0 Å².